The van der Waals surface area contributed by atoms with Crippen molar-refractivity contribution in [3.8, 4) is 6.07 Å². The van der Waals surface area contributed by atoms with Crippen LogP contribution in [-0.4, -0.2) is 47.8 Å². The third-order valence-corrected chi connectivity index (χ3v) is 6.40. The van der Waals surface area contributed by atoms with Crippen molar-refractivity contribution < 1.29 is 4.79 Å². The van der Waals surface area contributed by atoms with Crippen LogP contribution in [0.25, 0.3) is 0 Å². The van der Waals surface area contributed by atoms with Gasteiger partial charge < -0.3 is 15.1 Å². The molecule has 2 heterocycles. The van der Waals surface area contributed by atoms with Crippen molar-refractivity contribution in [1.29, 1.82) is 5.26 Å². The maximum atomic E-state index is 12.3. The molecule has 0 bridgehead atoms. The Labute approximate surface area is 198 Å². The first-order valence-corrected chi connectivity index (χ1v) is 11.8. The van der Waals surface area contributed by atoms with Gasteiger partial charge in [-0.3, -0.25) is 4.79 Å². The van der Waals surface area contributed by atoms with Crippen LogP contribution in [0, 0.1) is 25.2 Å². The topological polar surface area (TPSA) is 85.1 Å². The van der Waals surface area contributed by atoms with E-state index in [1.54, 1.807) is 30.5 Å². The van der Waals surface area contributed by atoms with Crippen LogP contribution in [0.5, 0.6) is 0 Å². The van der Waals surface area contributed by atoms with E-state index in [2.05, 4.69) is 63.2 Å². The Bertz CT molecular complexity index is 1180. The summed E-state index contributed by atoms with van der Waals surface area (Å²) in [4.78, 5) is 26.0. The predicted octanol–water partition coefficient (Wildman–Crippen LogP) is 4.02. The minimum atomic E-state index is -0.161. The predicted molar refractivity (Wildman–Crippen MR) is 133 cm³/mol. The summed E-state index contributed by atoms with van der Waals surface area (Å²) in [5.74, 6) is 0.919. The van der Waals surface area contributed by atoms with E-state index in [1.807, 2.05) is 6.07 Å². The van der Waals surface area contributed by atoms with E-state index in [0.29, 0.717) is 16.4 Å². The second-order valence-electron chi connectivity index (χ2n) is 7.99. The molecule has 0 unspecified atom stereocenters. The second-order valence-corrected chi connectivity index (χ2v) is 8.93. The number of piperazine rings is 1. The number of carbonyl (C=O) groups excluding carboxylic acids is 1. The van der Waals surface area contributed by atoms with Crippen molar-refractivity contribution in [3.05, 3.63) is 71.4 Å². The molecule has 7 nitrogen and oxygen atoms in total. The Balaban J connectivity index is 1.32. The number of hydrogen-bond donors (Lipinski definition) is 1. The molecule has 0 aliphatic carbocycles. The van der Waals surface area contributed by atoms with Crippen LogP contribution in [0.4, 0.5) is 17.2 Å². The Morgan fingerprint density at radius 3 is 2.67 bits per heavy atom. The summed E-state index contributed by atoms with van der Waals surface area (Å²) in [7, 11) is 0. The van der Waals surface area contributed by atoms with Gasteiger partial charge in [0.25, 0.3) is 0 Å². The molecule has 1 amide bonds. The largest absolute Gasteiger partial charge is 0.368 e. The van der Waals surface area contributed by atoms with Crippen LogP contribution in [0.2, 0.25) is 0 Å². The summed E-state index contributed by atoms with van der Waals surface area (Å²) >= 11 is 1.30. The Morgan fingerprint density at radius 2 is 1.88 bits per heavy atom. The highest BCUT2D eigenvalue weighted by Crippen LogP contribution is 2.25. The van der Waals surface area contributed by atoms with Gasteiger partial charge >= 0.3 is 0 Å². The van der Waals surface area contributed by atoms with Gasteiger partial charge in [-0.1, -0.05) is 30.0 Å². The quantitative estimate of drug-likeness (QED) is 0.441. The van der Waals surface area contributed by atoms with Gasteiger partial charge in [0.05, 0.1) is 17.4 Å². The highest BCUT2D eigenvalue weighted by molar-refractivity contribution is 7.99. The molecule has 1 N–H and O–H groups in total. The Hall–Kier alpha value is -3.57. The molecule has 0 spiro atoms. The standard InChI is InChI=1S/C25H26N6OS/c1-18-6-7-19(2)22(14-18)30-10-12-31(13-11-30)23-8-9-27-25(29-23)33-17-24(32)28-21-5-3-4-20(15-21)16-26/h3-9,14-15H,10-13,17H2,1-2H3,(H,28,32). The number of hydrogen-bond acceptors (Lipinski definition) is 7. The normalized spacial score (nSPS) is 13.5. The van der Waals surface area contributed by atoms with Crippen molar-refractivity contribution in [1.82, 2.24) is 9.97 Å². The lowest BCUT2D eigenvalue weighted by Gasteiger charge is -2.37. The minimum Gasteiger partial charge on any atom is -0.368 e. The summed E-state index contributed by atoms with van der Waals surface area (Å²) in [6.45, 7) is 7.91. The molecule has 1 aliphatic rings. The fourth-order valence-electron chi connectivity index (χ4n) is 3.81. The van der Waals surface area contributed by atoms with Gasteiger partial charge in [-0.25, -0.2) is 9.97 Å². The van der Waals surface area contributed by atoms with Gasteiger partial charge in [0.15, 0.2) is 5.16 Å². The number of aryl methyl sites for hydroxylation is 2. The summed E-state index contributed by atoms with van der Waals surface area (Å²) in [5, 5.41) is 12.4. The summed E-state index contributed by atoms with van der Waals surface area (Å²) in [6, 6.07) is 17.4. The lowest BCUT2D eigenvalue weighted by Crippen LogP contribution is -2.47. The molecule has 2 aromatic carbocycles. The molecule has 168 valence electrons. The third-order valence-electron chi connectivity index (χ3n) is 5.54. The molecule has 1 aliphatic heterocycles. The van der Waals surface area contributed by atoms with E-state index < -0.39 is 0 Å². The number of rotatable bonds is 6. The van der Waals surface area contributed by atoms with Gasteiger partial charge in [0, 0.05) is 43.8 Å². The number of carbonyl (C=O) groups is 1. The number of amides is 1. The second kappa shape index (κ2) is 10.4. The van der Waals surface area contributed by atoms with Crippen LogP contribution in [0.1, 0.15) is 16.7 Å². The summed E-state index contributed by atoms with van der Waals surface area (Å²) in [6.07, 6.45) is 1.75. The lowest BCUT2D eigenvalue weighted by atomic mass is 10.1. The molecule has 3 aromatic rings. The molecule has 1 saturated heterocycles. The van der Waals surface area contributed by atoms with Crippen molar-refractivity contribution in [2.75, 3.05) is 47.0 Å². The van der Waals surface area contributed by atoms with Gasteiger partial charge in [0.1, 0.15) is 5.82 Å². The highest BCUT2D eigenvalue weighted by Gasteiger charge is 2.20. The van der Waals surface area contributed by atoms with Gasteiger partial charge in [-0.15, -0.1) is 0 Å². The number of benzene rings is 2. The molecule has 8 heteroatoms. The van der Waals surface area contributed by atoms with Crippen molar-refractivity contribution in [2.24, 2.45) is 0 Å². The summed E-state index contributed by atoms with van der Waals surface area (Å²) < 4.78 is 0. The number of aromatic nitrogens is 2. The molecule has 33 heavy (non-hydrogen) atoms. The molecule has 1 fully saturated rings. The maximum Gasteiger partial charge on any atom is 0.234 e. The van der Waals surface area contributed by atoms with Crippen molar-refractivity contribution in [2.45, 2.75) is 19.0 Å². The molecule has 0 saturated carbocycles. The number of nitrogens with zero attached hydrogens (tertiary/aromatic N) is 5. The molecule has 0 radical (unpaired) electrons. The van der Waals surface area contributed by atoms with E-state index in [0.717, 1.165) is 32.0 Å². The fourth-order valence-corrected chi connectivity index (χ4v) is 4.43. The maximum absolute atomic E-state index is 12.3. The zero-order valence-corrected chi connectivity index (χ0v) is 19.6. The molecule has 0 atom stereocenters. The molecule has 1 aromatic heterocycles. The fraction of sp³-hybridized carbons (Fsp3) is 0.280. The Morgan fingerprint density at radius 1 is 1.09 bits per heavy atom. The van der Waals surface area contributed by atoms with E-state index >= 15 is 0 Å². The van der Waals surface area contributed by atoms with Crippen LogP contribution in [-0.2, 0) is 4.79 Å². The van der Waals surface area contributed by atoms with E-state index in [-0.39, 0.29) is 11.7 Å². The van der Waals surface area contributed by atoms with Gasteiger partial charge in [0.2, 0.25) is 5.91 Å². The molecular formula is C25H26N6OS. The zero-order chi connectivity index (χ0) is 23.2. The monoisotopic (exact) mass is 458 g/mol. The lowest BCUT2D eigenvalue weighted by molar-refractivity contribution is -0.113. The van der Waals surface area contributed by atoms with Crippen molar-refractivity contribution in [3.63, 3.8) is 0 Å². The average molecular weight is 459 g/mol. The minimum absolute atomic E-state index is 0.161. The van der Waals surface area contributed by atoms with Crippen LogP contribution >= 0.6 is 11.8 Å². The highest BCUT2D eigenvalue weighted by atomic mass is 32.2. The van der Waals surface area contributed by atoms with Crippen LogP contribution < -0.4 is 15.1 Å². The van der Waals surface area contributed by atoms with Gasteiger partial charge in [-0.2, -0.15) is 5.26 Å². The number of nitrogens with one attached hydrogen (secondary N) is 1. The first-order valence-electron chi connectivity index (χ1n) is 10.8. The van der Waals surface area contributed by atoms with Crippen LogP contribution in [0.15, 0.2) is 59.9 Å². The molecular weight excluding hydrogens is 432 g/mol. The van der Waals surface area contributed by atoms with E-state index in [4.69, 9.17) is 5.26 Å². The average Bonchev–Trinajstić information content (AvgIpc) is 2.85. The number of anilines is 3. The number of thioether (sulfide) groups is 1. The first kappa shape index (κ1) is 22.6. The van der Waals surface area contributed by atoms with E-state index in [1.165, 1.54) is 28.6 Å². The number of nitriles is 1. The zero-order valence-electron chi connectivity index (χ0n) is 18.8. The summed E-state index contributed by atoms with van der Waals surface area (Å²) in [5.41, 5.74) is 5.00. The Kier molecular flexibility index (Phi) is 7.10. The van der Waals surface area contributed by atoms with Crippen LogP contribution in [0.3, 0.4) is 0 Å². The SMILES string of the molecule is Cc1ccc(C)c(N2CCN(c3ccnc(SCC(=O)Nc4cccc(C#N)c4)n3)CC2)c1. The third kappa shape index (κ3) is 5.82. The van der Waals surface area contributed by atoms with Crippen molar-refractivity contribution >= 4 is 34.9 Å². The smallest absolute Gasteiger partial charge is 0.234 e. The first-order chi connectivity index (χ1) is 16.0. The molecule has 4 rings (SSSR count). The van der Waals surface area contributed by atoms with E-state index in [9.17, 15) is 4.79 Å². The van der Waals surface area contributed by atoms with Gasteiger partial charge in [-0.05, 0) is 55.3 Å².